The number of carbonyl (C=O) groups excluding carboxylic acids is 1. The molecular weight excluding hydrogens is 268 g/mol. The maximum atomic E-state index is 12.1. The van der Waals surface area contributed by atoms with E-state index in [-0.39, 0.29) is 17.8 Å². The Hall–Kier alpha value is -2.63. The largest absolute Gasteiger partial charge is 0.327 e. The topological polar surface area (TPSA) is 76.0 Å². The van der Waals surface area contributed by atoms with Crippen molar-refractivity contribution in [3.63, 3.8) is 0 Å². The van der Waals surface area contributed by atoms with Crippen LogP contribution in [0.15, 0.2) is 41.2 Å². The van der Waals surface area contributed by atoms with Crippen LogP contribution in [0.2, 0.25) is 0 Å². The van der Waals surface area contributed by atoms with Gasteiger partial charge in [-0.1, -0.05) is 30.3 Å². The predicted molar refractivity (Wildman–Crippen MR) is 79.7 cm³/mol. The highest BCUT2D eigenvalue weighted by Crippen LogP contribution is 2.28. The van der Waals surface area contributed by atoms with Crippen molar-refractivity contribution in [3.8, 4) is 0 Å². The molecule has 3 rings (SSSR count). The number of aromatic nitrogens is 2. The maximum Gasteiger partial charge on any atom is 0.273 e. The molecule has 1 aliphatic rings. The Kier molecular flexibility index (Phi) is 3.01. The van der Waals surface area contributed by atoms with E-state index in [1.807, 2.05) is 37.3 Å². The Balaban J connectivity index is 1.99. The van der Waals surface area contributed by atoms with Crippen molar-refractivity contribution in [2.75, 3.05) is 10.7 Å². The fourth-order valence-corrected chi connectivity index (χ4v) is 2.45. The third-order valence-electron chi connectivity index (χ3n) is 3.45. The minimum atomic E-state index is -0.616. The van der Waals surface area contributed by atoms with Gasteiger partial charge in [0, 0.05) is 12.5 Å². The molecular formula is C15H16N4O2. The van der Waals surface area contributed by atoms with E-state index in [9.17, 15) is 9.59 Å². The first kappa shape index (κ1) is 13.4. The number of rotatable bonds is 3. The first-order valence-electron chi connectivity index (χ1n) is 6.72. The molecule has 6 heteroatoms. The van der Waals surface area contributed by atoms with E-state index < -0.39 is 5.66 Å². The van der Waals surface area contributed by atoms with E-state index in [0.717, 1.165) is 5.56 Å². The number of hydrogen-bond donors (Lipinski definition) is 2. The lowest BCUT2D eigenvalue weighted by molar-refractivity contribution is -0.116. The van der Waals surface area contributed by atoms with Gasteiger partial charge < -0.3 is 5.32 Å². The average molecular weight is 284 g/mol. The van der Waals surface area contributed by atoms with E-state index in [2.05, 4.69) is 15.7 Å². The Labute approximate surface area is 121 Å². The summed E-state index contributed by atoms with van der Waals surface area (Å²) in [7, 11) is 0. The van der Waals surface area contributed by atoms with Gasteiger partial charge in [0.1, 0.15) is 11.4 Å². The molecule has 0 aliphatic carbocycles. The van der Waals surface area contributed by atoms with Gasteiger partial charge in [0.25, 0.3) is 5.56 Å². The lowest BCUT2D eigenvalue weighted by atomic mass is 10.0. The number of fused-ring (bicyclic) bond motifs is 1. The molecule has 2 aromatic rings. The van der Waals surface area contributed by atoms with Crippen molar-refractivity contribution in [2.45, 2.75) is 25.9 Å². The van der Waals surface area contributed by atoms with Gasteiger partial charge >= 0.3 is 0 Å². The Bertz CT molecular complexity index is 754. The van der Waals surface area contributed by atoms with Crippen LogP contribution >= 0.6 is 0 Å². The smallest absolute Gasteiger partial charge is 0.273 e. The predicted octanol–water partition coefficient (Wildman–Crippen LogP) is 1.22. The molecule has 0 radical (unpaired) electrons. The number of ketones is 1. The van der Waals surface area contributed by atoms with Crippen molar-refractivity contribution < 1.29 is 4.79 Å². The molecule has 1 aromatic carbocycles. The van der Waals surface area contributed by atoms with Crippen LogP contribution < -0.4 is 16.3 Å². The van der Waals surface area contributed by atoms with Gasteiger partial charge in [-0.3, -0.25) is 15.0 Å². The first-order valence-corrected chi connectivity index (χ1v) is 6.72. The second-order valence-corrected chi connectivity index (χ2v) is 5.35. The highest BCUT2D eigenvalue weighted by molar-refractivity contribution is 5.77. The molecule has 0 amide bonds. The van der Waals surface area contributed by atoms with Gasteiger partial charge in [-0.15, -0.1) is 0 Å². The zero-order valence-electron chi connectivity index (χ0n) is 11.9. The zero-order chi connectivity index (χ0) is 15.0. The number of benzene rings is 1. The highest BCUT2D eigenvalue weighted by Gasteiger charge is 2.35. The Morgan fingerprint density at radius 1 is 1.33 bits per heavy atom. The SMILES string of the molecule is CC(=O)Cc1cc(=O)n2c(n1)NC(C)(c1ccccc1)N2. The van der Waals surface area contributed by atoms with Gasteiger partial charge in [-0.05, 0) is 19.4 Å². The molecule has 0 saturated heterocycles. The number of carbonyl (C=O) groups is 1. The lowest BCUT2D eigenvalue weighted by Crippen LogP contribution is -2.39. The van der Waals surface area contributed by atoms with Crippen molar-refractivity contribution in [3.05, 3.63) is 58.0 Å². The van der Waals surface area contributed by atoms with E-state index in [1.165, 1.54) is 17.7 Å². The molecule has 108 valence electrons. The summed E-state index contributed by atoms with van der Waals surface area (Å²) in [6, 6.07) is 11.1. The second-order valence-electron chi connectivity index (χ2n) is 5.35. The third-order valence-corrected chi connectivity index (χ3v) is 3.45. The van der Waals surface area contributed by atoms with Crippen LogP contribution in [0.25, 0.3) is 0 Å². The summed E-state index contributed by atoms with van der Waals surface area (Å²) in [6.07, 6.45) is 0.160. The number of anilines is 1. The maximum absolute atomic E-state index is 12.1. The lowest BCUT2D eigenvalue weighted by Gasteiger charge is -2.25. The summed E-state index contributed by atoms with van der Waals surface area (Å²) in [5, 5.41) is 3.21. The van der Waals surface area contributed by atoms with E-state index in [0.29, 0.717) is 11.6 Å². The molecule has 0 bridgehead atoms. The van der Waals surface area contributed by atoms with Gasteiger partial charge in [0.2, 0.25) is 5.95 Å². The third kappa shape index (κ3) is 2.40. The minimum Gasteiger partial charge on any atom is -0.327 e. The Morgan fingerprint density at radius 2 is 2.05 bits per heavy atom. The van der Waals surface area contributed by atoms with Crippen molar-refractivity contribution in [2.24, 2.45) is 0 Å². The average Bonchev–Trinajstić information content (AvgIpc) is 2.78. The monoisotopic (exact) mass is 284 g/mol. The van der Waals surface area contributed by atoms with Crippen LogP contribution in [0, 0.1) is 0 Å². The van der Waals surface area contributed by atoms with Crippen molar-refractivity contribution >= 4 is 11.7 Å². The van der Waals surface area contributed by atoms with Crippen molar-refractivity contribution in [1.29, 1.82) is 0 Å². The fourth-order valence-electron chi connectivity index (χ4n) is 2.45. The summed E-state index contributed by atoms with van der Waals surface area (Å²) in [6.45, 7) is 3.41. The van der Waals surface area contributed by atoms with Crippen LogP contribution in [-0.4, -0.2) is 15.4 Å². The zero-order valence-corrected chi connectivity index (χ0v) is 11.9. The molecule has 2 N–H and O–H groups in total. The first-order chi connectivity index (χ1) is 9.98. The van der Waals surface area contributed by atoms with Gasteiger partial charge in [-0.2, -0.15) is 4.68 Å². The molecule has 1 atom stereocenters. The highest BCUT2D eigenvalue weighted by atomic mass is 16.1. The fraction of sp³-hybridized carbons (Fsp3) is 0.267. The van der Waals surface area contributed by atoms with E-state index in [1.54, 1.807) is 0 Å². The van der Waals surface area contributed by atoms with E-state index >= 15 is 0 Å². The van der Waals surface area contributed by atoms with Crippen LogP contribution in [-0.2, 0) is 16.9 Å². The molecule has 21 heavy (non-hydrogen) atoms. The summed E-state index contributed by atoms with van der Waals surface area (Å²) >= 11 is 0. The molecule has 0 saturated carbocycles. The molecule has 1 unspecified atom stereocenters. The van der Waals surface area contributed by atoms with Gasteiger partial charge in [-0.25, -0.2) is 4.98 Å². The standard InChI is InChI=1S/C15H16N4O2/c1-10(20)8-12-9-13(21)19-14(16-12)17-15(2,18-19)11-6-4-3-5-7-11/h3-7,9,18H,8H2,1-2H3,(H,16,17). The van der Waals surface area contributed by atoms with Crippen LogP contribution in [0.4, 0.5) is 5.95 Å². The molecule has 6 nitrogen and oxygen atoms in total. The number of hydrogen-bond acceptors (Lipinski definition) is 5. The van der Waals surface area contributed by atoms with Gasteiger partial charge in [0.05, 0.1) is 5.69 Å². The number of Topliss-reactive ketones (excluding diaryl/α,β-unsaturated/α-hetero) is 1. The normalized spacial score (nSPS) is 19.5. The molecule has 0 spiro atoms. The van der Waals surface area contributed by atoms with Crippen LogP contribution in [0.3, 0.4) is 0 Å². The molecule has 0 fully saturated rings. The van der Waals surface area contributed by atoms with Crippen LogP contribution in [0.5, 0.6) is 0 Å². The Morgan fingerprint density at radius 3 is 2.71 bits per heavy atom. The van der Waals surface area contributed by atoms with Crippen LogP contribution in [0.1, 0.15) is 25.1 Å². The summed E-state index contributed by atoms with van der Waals surface area (Å²) in [4.78, 5) is 27.7. The van der Waals surface area contributed by atoms with Gasteiger partial charge in [0.15, 0.2) is 0 Å². The summed E-state index contributed by atoms with van der Waals surface area (Å²) in [5.74, 6) is 0.397. The number of nitrogens with one attached hydrogen (secondary N) is 2. The second kappa shape index (κ2) is 4.73. The number of nitrogens with zero attached hydrogens (tertiary/aromatic N) is 2. The molecule has 1 aliphatic heterocycles. The van der Waals surface area contributed by atoms with Crippen molar-refractivity contribution in [1.82, 2.24) is 9.66 Å². The molecule has 1 aromatic heterocycles. The summed E-state index contributed by atoms with van der Waals surface area (Å²) < 4.78 is 1.37. The summed E-state index contributed by atoms with van der Waals surface area (Å²) in [5.41, 5.74) is 3.74. The molecule has 2 heterocycles. The van der Waals surface area contributed by atoms with E-state index in [4.69, 9.17) is 0 Å². The minimum absolute atomic E-state index is 0.0244. The quantitative estimate of drug-likeness (QED) is 0.886.